The first-order chi connectivity index (χ1) is 9.94. The minimum absolute atomic E-state index is 0.168. The second kappa shape index (κ2) is 6.16. The lowest BCUT2D eigenvalue weighted by atomic mass is 9.77. The summed E-state index contributed by atoms with van der Waals surface area (Å²) in [5, 5.41) is 11.8. The van der Waals surface area contributed by atoms with Gasteiger partial charge in [-0.3, -0.25) is 4.79 Å². The molecule has 0 radical (unpaired) electrons. The Balaban J connectivity index is 1.94. The molecule has 1 fully saturated rings. The van der Waals surface area contributed by atoms with Crippen molar-refractivity contribution in [2.45, 2.75) is 44.6 Å². The number of ether oxygens (including phenoxy) is 1. The first kappa shape index (κ1) is 15.4. The zero-order valence-electron chi connectivity index (χ0n) is 12.4. The molecule has 0 aliphatic heterocycles. The van der Waals surface area contributed by atoms with Crippen LogP contribution in [0.4, 0.5) is 0 Å². The summed E-state index contributed by atoms with van der Waals surface area (Å²) >= 11 is 0. The summed E-state index contributed by atoms with van der Waals surface area (Å²) in [4.78, 5) is 23.1. The molecular formula is C16H21NO4. The number of amides is 1. The third-order valence-corrected chi connectivity index (χ3v) is 3.89. The summed E-state index contributed by atoms with van der Waals surface area (Å²) in [6.07, 6.45) is 1.79. The third kappa shape index (κ3) is 3.35. The van der Waals surface area contributed by atoms with E-state index in [9.17, 15) is 14.7 Å². The quantitative estimate of drug-likeness (QED) is 0.843. The van der Waals surface area contributed by atoms with Gasteiger partial charge in [0.25, 0.3) is 5.91 Å². The Bertz CT molecular complexity index is 535. The molecule has 1 aromatic carbocycles. The van der Waals surface area contributed by atoms with E-state index >= 15 is 0 Å². The molecule has 0 spiro atoms. The number of para-hydroxylation sites is 1. The maximum atomic E-state index is 11.9. The molecule has 1 aliphatic rings. The zero-order chi connectivity index (χ0) is 15.5. The number of carbonyl (C=O) groups excluding carboxylic acids is 1. The fourth-order valence-corrected chi connectivity index (χ4v) is 2.46. The number of benzene rings is 1. The SMILES string of the molecule is CC(C)c1ccccc1OCC(=O)NC1(C(=O)O)CCC1. The maximum absolute atomic E-state index is 11.9. The van der Waals surface area contributed by atoms with Crippen LogP contribution in [0.25, 0.3) is 0 Å². The van der Waals surface area contributed by atoms with E-state index in [2.05, 4.69) is 19.2 Å². The van der Waals surface area contributed by atoms with Gasteiger partial charge in [0.15, 0.2) is 6.61 Å². The molecule has 0 bridgehead atoms. The van der Waals surface area contributed by atoms with Gasteiger partial charge in [-0.05, 0) is 36.8 Å². The number of hydrogen-bond acceptors (Lipinski definition) is 3. The molecule has 0 aromatic heterocycles. The van der Waals surface area contributed by atoms with E-state index in [1.807, 2.05) is 24.3 Å². The van der Waals surface area contributed by atoms with Crippen LogP contribution in [0.5, 0.6) is 5.75 Å². The molecule has 0 heterocycles. The number of carbonyl (C=O) groups is 2. The highest BCUT2D eigenvalue weighted by molar-refractivity contribution is 5.88. The summed E-state index contributed by atoms with van der Waals surface area (Å²) < 4.78 is 5.55. The molecule has 1 saturated carbocycles. The third-order valence-electron chi connectivity index (χ3n) is 3.89. The van der Waals surface area contributed by atoms with E-state index in [0.29, 0.717) is 24.5 Å². The number of carboxylic acid groups (broad SMARTS) is 1. The molecule has 1 amide bonds. The highest BCUT2D eigenvalue weighted by Crippen LogP contribution is 2.32. The molecule has 0 unspecified atom stereocenters. The van der Waals surface area contributed by atoms with E-state index in [0.717, 1.165) is 12.0 Å². The van der Waals surface area contributed by atoms with Crippen molar-refractivity contribution in [3.8, 4) is 5.75 Å². The number of hydrogen-bond donors (Lipinski definition) is 2. The predicted octanol–water partition coefficient (Wildman–Crippen LogP) is 2.31. The molecule has 1 aromatic rings. The Hall–Kier alpha value is -2.04. The highest BCUT2D eigenvalue weighted by Gasteiger charge is 2.45. The Morgan fingerprint density at radius 3 is 2.52 bits per heavy atom. The van der Waals surface area contributed by atoms with E-state index in [-0.39, 0.29) is 6.61 Å². The smallest absolute Gasteiger partial charge is 0.329 e. The van der Waals surface area contributed by atoms with Crippen molar-refractivity contribution in [2.24, 2.45) is 0 Å². The van der Waals surface area contributed by atoms with Crippen molar-refractivity contribution < 1.29 is 19.4 Å². The van der Waals surface area contributed by atoms with Crippen molar-refractivity contribution in [1.29, 1.82) is 0 Å². The van der Waals surface area contributed by atoms with Crippen molar-refractivity contribution in [3.63, 3.8) is 0 Å². The molecular weight excluding hydrogens is 270 g/mol. The molecule has 2 N–H and O–H groups in total. The normalized spacial score (nSPS) is 16.1. The fourth-order valence-electron chi connectivity index (χ4n) is 2.46. The van der Waals surface area contributed by atoms with Gasteiger partial charge in [0.2, 0.25) is 0 Å². The van der Waals surface area contributed by atoms with Crippen LogP contribution in [0.2, 0.25) is 0 Å². The first-order valence-electron chi connectivity index (χ1n) is 7.21. The Kier molecular flexibility index (Phi) is 4.50. The first-order valence-corrected chi connectivity index (χ1v) is 7.21. The van der Waals surface area contributed by atoms with Crippen LogP contribution >= 0.6 is 0 Å². The topological polar surface area (TPSA) is 75.6 Å². The van der Waals surface area contributed by atoms with Gasteiger partial charge in [-0.1, -0.05) is 32.0 Å². The van der Waals surface area contributed by atoms with E-state index in [4.69, 9.17) is 4.74 Å². The summed E-state index contributed by atoms with van der Waals surface area (Å²) in [6.45, 7) is 3.94. The van der Waals surface area contributed by atoms with Crippen molar-refractivity contribution in [3.05, 3.63) is 29.8 Å². The van der Waals surface area contributed by atoms with Crippen LogP contribution in [0, 0.1) is 0 Å². The minimum atomic E-state index is -1.09. The zero-order valence-corrected chi connectivity index (χ0v) is 12.4. The van der Waals surface area contributed by atoms with Crippen LogP contribution < -0.4 is 10.1 Å². The molecule has 2 rings (SSSR count). The average Bonchev–Trinajstić information content (AvgIpc) is 2.40. The van der Waals surface area contributed by atoms with Crippen LogP contribution in [0.3, 0.4) is 0 Å². The molecule has 21 heavy (non-hydrogen) atoms. The largest absolute Gasteiger partial charge is 0.483 e. The van der Waals surface area contributed by atoms with Gasteiger partial charge < -0.3 is 15.2 Å². The van der Waals surface area contributed by atoms with Gasteiger partial charge in [0.1, 0.15) is 11.3 Å². The standard InChI is InChI=1S/C16H21NO4/c1-11(2)12-6-3-4-7-13(12)21-10-14(18)17-16(15(19)20)8-5-9-16/h3-4,6-7,11H,5,8-10H2,1-2H3,(H,17,18)(H,19,20). The lowest BCUT2D eigenvalue weighted by molar-refractivity contribution is -0.152. The Morgan fingerprint density at radius 2 is 2.00 bits per heavy atom. The molecule has 114 valence electrons. The second-order valence-electron chi connectivity index (χ2n) is 5.77. The van der Waals surface area contributed by atoms with Crippen molar-refractivity contribution >= 4 is 11.9 Å². The minimum Gasteiger partial charge on any atom is -0.483 e. The van der Waals surface area contributed by atoms with E-state index in [1.54, 1.807) is 0 Å². The summed E-state index contributed by atoms with van der Waals surface area (Å²) in [6, 6.07) is 7.56. The van der Waals surface area contributed by atoms with E-state index in [1.165, 1.54) is 0 Å². The number of rotatable bonds is 6. The van der Waals surface area contributed by atoms with Gasteiger partial charge >= 0.3 is 5.97 Å². The summed E-state index contributed by atoms with van der Waals surface area (Å²) in [5.41, 5.74) is -0.0558. The number of carboxylic acids is 1. The van der Waals surface area contributed by atoms with Crippen LogP contribution in [0.15, 0.2) is 24.3 Å². The highest BCUT2D eigenvalue weighted by atomic mass is 16.5. The maximum Gasteiger partial charge on any atom is 0.329 e. The number of aliphatic carboxylic acids is 1. The van der Waals surface area contributed by atoms with Gasteiger partial charge in [-0.15, -0.1) is 0 Å². The molecule has 5 nitrogen and oxygen atoms in total. The number of nitrogens with one attached hydrogen (secondary N) is 1. The van der Waals surface area contributed by atoms with Gasteiger partial charge in [-0.25, -0.2) is 4.79 Å². The monoisotopic (exact) mass is 291 g/mol. The van der Waals surface area contributed by atoms with Gasteiger partial charge in [0.05, 0.1) is 0 Å². The van der Waals surface area contributed by atoms with E-state index < -0.39 is 17.4 Å². The lowest BCUT2D eigenvalue weighted by Crippen LogP contribution is -2.59. The fraction of sp³-hybridized carbons (Fsp3) is 0.500. The molecule has 0 atom stereocenters. The summed E-state index contributed by atoms with van der Waals surface area (Å²) in [7, 11) is 0. The Labute approximate surface area is 124 Å². The van der Waals surface area contributed by atoms with Crippen molar-refractivity contribution in [2.75, 3.05) is 6.61 Å². The summed E-state index contributed by atoms with van der Waals surface area (Å²) in [5.74, 6) is -0.401. The van der Waals surface area contributed by atoms with Gasteiger partial charge in [0, 0.05) is 0 Å². The van der Waals surface area contributed by atoms with Gasteiger partial charge in [-0.2, -0.15) is 0 Å². The second-order valence-corrected chi connectivity index (χ2v) is 5.77. The molecule has 1 aliphatic carbocycles. The van der Waals surface area contributed by atoms with Crippen LogP contribution in [-0.2, 0) is 9.59 Å². The van der Waals surface area contributed by atoms with Crippen LogP contribution in [0.1, 0.15) is 44.6 Å². The predicted molar refractivity (Wildman–Crippen MR) is 78.4 cm³/mol. The van der Waals surface area contributed by atoms with Crippen LogP contribution in [-0.4, -0.2) is 29.1 Å². The molecule has 0 saturated heterocycles. The lowest BCUT2D eigenvalue weighted by Gasteiger charge is -2.38. The molecule has 5 heteroatoms. The van der Waals surface area contributed by atoms with Crippen molar-refractivity contribution in [1.82, 2.24) is 5.32 Å². The Morgan fingerprint density at radius 1 is 1.33 bits per heavy atom. The average molecular weight is 291 g/mol.